The SMILES string of the molecule is CCCOc1ccccc1/C=C/C(=O)NCc1cn2c(Cl)cccc2n1. The van der Waals surface area contributed by atoms with Crippen LogP contribution in [-0.4, -0.2) is 21.9 Å². The van der Waals surface area contributed by atoms with Gasteiger partial charge in [0.2, 0.25) is 5.91 Å². The van der Waals surface area contributed by atoms with E-state index in [2.05, 4.69) is 17.2 Å². The molecule has 2 aromatic heterocycles. The predicted octanol–water partition coefficient (Wildman–Crippen LogP) is 4.11. The third-order valence-corrected chi connectivity index (χ3v) is 4.04. The number of carbonyl (C=O) groups is 1. The number of hydrogen-bond acceptors (Lipinski definition) is 3. The first-order valence-electron chi connectivity index (χ1n) is 8.47. The van der Waals surface area contributed by atoms with E-state index >= 15 is 0 Å². The van der Waals surface area contributed by atoms with Crippen LogP contribution in [0.3, 0.4) is 0 Å². The van der Waals surface area contributed by atoms with Gasteiger partial charge in [-0.2, -0.15) is 0 Å². The number of benzene rings is 1. The normalized spacial score (nSPS) is 11.2. The second kappa shape index (κ2) is 8.54. The van der Waals surface area contributed by atoms with Crippen LogP contribution in [0.2, 0.25) is 5.15 Å². The Morgan fingerprint density at radius 3 is 2.92 bits per heavy atom. The fraction of sp³-hybridized carbons (Fsp3) is 0.200. The van der Waals surface area contributed by atoms with E-state index in [1.807, 2.05) is 42.6 Å². The first-order chi connectivity index (χ1) is 12.7. The average Bonchev–Trinajstić information content (AvgIpc) is 3.08. The van der Waals surface area contributed by atoms with Gasteiger partial charge < -0.3 is 10.1 Å². The molecule has 0 atom stereocenters. The smallest absolute Gasteiger partial charge is 0.244 e. The zero-order valence-corrected chi connectivity index (χ0v) is 15.2. The van der Waals surface area contributed by atoms with Crippen LogP contribution in [0.5, 0.6) is 5.75 Å². The highest BCUT2D eigenvalue weighted by Gasteiger charge is 2.05. The van der Waals surface area contributed by atoms with E-state index in [4.69, 9.17) is 16.3 Å². The van der Waals surface area contributed by atoms with Crippen LogP contribution in [0.25, 0.3) is 11.7 Å². The number of hydrogen-bond donors (Lipinski definition) is 1. The molecule has 3 aromatic rings. The van der Waals surface area contributed by atoms with E-state index < -0.39 is 0 Å². The Bertz CT molecular complexity index is 934. The quantitative estimate of drug-likeness (QED) is 0.503. The molecule has 6 heteroatoms. The molecule has 134 valence electrons. The largest absolute Gasteiger partial charge is 0.493 e. The Labute approximate surface area is 157 Å². The van der Waals surface area contributed by atoms with Gasteiger partial charge in [0.15, 0.2) is 0 Å². The maximum Gasteiger partial charge on any atom is 0.244 e. The number of para-hydroxylation sites is 1. The second-order valence-corrected chi connectivity index (χ2v) is 6.13. The molecule has 0 radical (unpaired) electrons. The summed E-state index contributed by atoms with van der Waals surface area (Å²) < 4.78 is 7.46. The Hall–Kier alpha value is -2.79. The van der Waals surface area contributed by atoms with Crippen molar-refractivity contribution in [1.29, 1.82) is 0 Å². The minimum Gasteiger partial charge on any atom is -0.493 e. The van der Waals surface area contributed by atoms with Crippen molar-refractivity contribution in [3.63, 3.8) is 0 Å². The lowest BCUT2D eigenvalue weighted by atomic mass is 10.2. The van der Waals surface area contributed by atoms with Crippen molar-refractivity contribution in [3.8, 4) is 5.75 Å². The van der Waals surface area contributed by atoms with Crippen LogP contribution in [0.15, 0.2) is 54.7 Å². The van der Waals surface area contributed by atoms with Gasteiger partial charge in [0.1, 0.15) is 16.5 Å². The minimum absolute atomic E-state index is 0.196. The monoisotopic (exact) mass is 369 g/mol. The van der Waals surface area contributed by atoms with E-state index in [1.165, 1.54) is 6.08 Å². The fourth-order valence-corrected chi connectivity index (χ4v) is 2.68. The zero-order chi connectivity index (χ0) is 18.4. The molecular weight excluding hydrogens is 350 g/mol. The number of imidazole rings is 1. The van der Waals surface area contributed by atoms with Gasteiger partial charge in [-0.15, -0.1) is 0 Å². The summed E-state index contributed by atoms with van der Waals surface area (Å²) in [7, 11) is 0. The standard InChI is InChI=1S/C20H20ClN3O2/c1-2-12-26-17-7-4-3-6-15(17)10-11-20(25)22-13-16-14-24-18(21)8-5-9-19(24)23-16/h3-11,14H,2,12-13H2,1H3,(H,22,25)/b11-10+. The minimum atomic E-state index is -0.196. The fourth-order valence-electron chi connectivity index (χ4n) is 2.48. The molecule has 3 rings (SSSR count). The number of carbonyl (C=O) groups excluding carboxylic acids is 1. The van der Waals surface area contributed by atoms with Gasteiger partial charge in [-0.05, 0) is 30.7 Å². The Morgan fingerprint density at radius 1 is 1.27 bits per heavy atom. The number of halogens is 1. The summed E-state index contributed by atoms with van der Waals surface area (Å²) in [6.45, 7) is 3.03. The summed E-state index contributed by atoms with van der Waals surface area (Å²) in [5.74, 6) is 0.576. The van der Waals surface area contributed by atoms with E-state index in [0.717, 1.165) is 29.1 Å². The van der Waals surface area contributed by atoms with E-state index in [9.17, 15) is 4.79 Å². The highest BCUT2D eigenvalue weighted by molar-refractivity contribution is 6.29. The topological polar surface area (TPSA) is 55.6 Å². The van der Waals surface area contributed by atoms with Crippen molar-refractivity contribution in [3.05, 3.63) is 71.1 Å². The number of aromatic nitrogens is 2. The number of nitrogens with zero attached hydrogens (tertiary/aromatic N) is 2. The lowest BCUT2D eigenvalue weighted by Gasteiger charge is -2.07. The number of rotatable bonds is 7. The molecule has 5 nitrogen and oxygen atoms in total. The van der Waals surface area contributed by atoms with Gasteiger partial charge in [0.05, 0.1) is 18.8 Å². The van der Waals surface area contributed by atoms with Crippen molar-refractivity contribution in [2.24, 2.45) is 0 Å². The highest BCUT2D eigenvalue weighted by Crippen LogP contribution is 2.19. The lowest BCUT2D eigenvalue weighted by Crippen LogP contribution is -2.20. The van der Waals surface area contributed by atoms with E-state index in [-0.39, 0.29) is 5.91 Å². The van der Waals surface area contributed by atoms with Crippen molar-refractivity contribution in [2.75, 3.05) is 6.61 Å². The number of amides is 1. The van der Waals surface area contributed by atoms with Crippen LogP contribution >= 0.6 is 11.6 Å². The van der Waals surface area contributed by atoms with Crippen molar-refractivity contribution >= 4 is 29.2 Å². The maximum atomic E-state index is 12.1. The number of pyridine rings is 1. The van der Waals surface area contributed by atoms with E-state index in [1.54, 1.807) is 16.5 Å². The summed E-state index contributed by atoms with van der Waals surface area (Å²) >= 11 is 6.11. The number of ether oxygens (including phenoxy) is 1. The Balaban J connectivity index is 1.62. The molecule has 0 fully saturated rings. The lowest BCUT2D eigenvalue weighted by molar-refractivity contribution is -0.116. The Morgan fingerprint density at radius 2 is 2.12 bits per heavy atom. The molecule has 0 aliphatic carbocycles. The van der Waals surface area contributed by atoms with Crippen LogP contribution in [0, 0.1) is 0 Å². The van der Waals surface area contributed by atoms with Gasteiger partial charge in [0.25, 0.3) is 0 Å². The molecule has 1 aromatic carbocycles. The molecule has 0 aliphatic heterocycles. The summed E-state index contributed by atoms with van der Waals surface area (Å²) in [4.78, 5) is 16.5. The molecule has 0 spiro atoms. The molecular formula is C20H20ClN3O2. The molecule has 0 saturated heterocycles. The van der Waals surface area contributed by atoms with Crippen LogP contribution in [0.4, 0.5) is 0 Å². The summed E-state index contributed by atoms with van der Waals surface area (Å²) in [6.07, 6.45) is 5.99. The molecule has 1 amide bonds. The van der Waals surface area contributed by atoms with E-state index in [0.29, 0.717) is 18.3 Å². The molecule has 1 N–H and O–H groups in total. The van der Waals surface area contributed by atoms with Crippen LogP contribution < -0.4 is 10.1 Å². The molecule has 0 bridgehead atoms. The first-order valence-corrected chi connectivity index (χ1v) is 8.85. The Kier molecular flexibility index (Phi) is 5.92. The average molecular weight is 370 g/mol. The predicted molar refractivity (Wildman–Crippen MR) is 103 cm³/mol. The second-order valence-electron chi connectivity index (χ2n) is 5.75. The number of fused-ring (bicyclic) bond motifs is 1. The van der Waals surface area contributed by atoms with Crippen molar-refractivity contribution in [2.45, 2.75) is 19.9 Å². The molecule has 2 heterocycles. The summed E-state index contributed by atoms with van der Waals surface area (Å²) in [5, 5.41) is 3.41. The van der Waals surface area contributed by atoms with Gasteiger partial charge in [-0.1, -0.05) is 42.8 Å². The summed E-state index contributed by atoms with van der Waals surface area (Å²) in [6, 6.07) is 13.1. The zero-order valence-electron chi connectivity index (χ0n) is 14.5. The summed E-state index contributed by atoms with van der Waals surface area (Å²) in [5.41, 5.74) is 2.36. The molecule has 0 aliphatic rings. The van der Waals surface area contributed by atoms with Crippen LogP contribution in [-0.2, 0) is 11.3 Å². The molecule has 0 saturated carbocycles. The van der Waals surface area contributed by atoms with Crippen molar-refractivity contribution < 1.29 is 9.53 Å². The molecule has 26 heavy (non-hydrogen) atoms. The third kappa shape index (κ3) is 4.43. The van der Waals surface area contributed by atoms with Gasteiger partial charge >= 0.3 is 0 Å². The van der Waals surface area contributed by atoms with Gasteiger partial charge in [-0.25, -0.2) is 4.98 Å². The number of nitrogens with one attached hydrogen (secondary N) is 1. The van der Waals surface area contributed by atoms with Crippen LogP contribution in [0.1, 0.15) is 24.6 Å². The molecule has 0 unspecified atom stereocenters. The van der Waals surface area contributed by atoms with Gasteiger partial charge in [0, 0.05) is 17.8 Å². The maximum absolute atomic E-state index is 12.1. The first kappa shape index (κ1) is 18.0. The third-order valence-electron chi connectivity index (χ3n) is 3.73. The van der Waals surface area contributed by atoms with Gasteiger partial charge in [-0.3, -0.25) is 9.20 Å². The highest BCUT2D eigenvalue weighted by atomic mass is 35.5. The van der Waals surface area contributed by atoms with Crippen molar-refractivity contribution in [1.82, 2.24) is 14.7 Å².